The maximum absolute atomic E-state index is 12.9. The topological polar surface area (TPSA) is 78.9 Å². The number of carbonyl (C=O) groups is 3. The molecule has 1 atom stereocenters. The van der Waals surface area contributed by atoms with Crippen LogP contribution >= 0.6 is 0 Å². The maximum atomic E-state index is 12.9. The number of rotatable bonds is 57. The second-order valence-electron chi connectivity index (χ2n) is 21.0. The van der Waals surface area contributed by atoms with Crippen molar-refractivity contribution in [2.75, 3.05) is 13.2 Å². The van der Waals surface area contributed by atoms with Gasteiger partial charge in [0.15, 0.2) is 6.10 Å². The van der Waals surface area contributed by atoms with Gasteiger partial charge in [-0.25, -0.2) is 0 Å². The molecular weight excluding hydrogens is 901 g/mol. The van der Waals surface area contributed by atoms with Crippen molar-refractivity contribution in [1.29, 1.82) is 0 Å². The number of hydrogen-bond acceptors (Lipinski definition) is 6. The second-order valence-corrected chi connectivity index (χ2v) is 21.0. The molecule has 422 valence electrons. The van der Waals surface area contributed by atoms with Crippen LogP contribution in [-0.2, 0) is 28.6 Å². The number of ether oxygens (including phenoxy) is 3. The molecule has 0 N–H and O–H groups in total. The Hall–Kier alpha value is -3.15. The Bertz CT molecular complexity index is 1360. The highest BCUT2D eigenvalue weighted by atomic mass is 16.6. The summed E-state index contributed by atoms with van der Waals surface area (Å²) in [6.07, 6.45) is 79.3. The molecule has 0 aromatic heterocycles. The molecule has 0 radical (unpaired) electrons. The minimum atomic E-state index is -0.815. The smallest absolute Gasteiger partial charge is 0.309 e. The number of carbonyl (C=O) groups excluding carboxylic acids is 3. The van der Waals surface area contributed by atoms with Gasteiger partial charge in [-0.15, -0.1) is 0 Å². The van der Waals surface area contributed by atoms with Crippen LogP contribution in [0.2, 0.25) is 0 Å². The van der Waals surface area contributed by atoms with Crippen molar-refractivity contribution in [3.63, 3.8) is 0 Å². The molecule has 0 aromatic carbocycles. The van der Waals surface area contributed by atoms with Gasteiger partial charge in [0.05, 0.1) is 6.42 Å². The Morgan fingerprint density at radius 2 is 0.589 bits per heavy atom. The van der Waals surface area contributed by atoms with Crippen LogP contribution in [0.3, 0.4) is 0 Å². The number of esters is 3. The highest BCUT2D eigenvalue weighted by molar-refractivity contribution is 5.72. The van der Waals surface area contributed by atoms with Gasteiger partial charge in [0, 0.05) is 12.8 Å². The molecule has 0 saturated carbocycles. The van der Waals surface area contributed by atoms with Gasteiger partial charge in [0.25, 0.3) is 0 Å². The molecule has 0 fully saturated rings. The fraction of sp³-hybridized carbons (Fsp3) is 0.776. The van der Waals surface area contributed by atoms with E-state index in [1.54, 1.807) is 6.08 Å². The monoisotopic (exact) mass is 1020 g/mol. The molecule has 0 amide bonds. The molecule has 0 aliphatic heterocycles. The third-order valence-electron chi connectivity index (χ3n) is 13.7. The summed E-state index contributed by atoms with van der Waals surface area (Å²) in [6.45, 7) is 6.48. The van der Waals surface area contributed by atoms with Gasteiger partial charge in [-0.1, -0.05) is 299 Å². The molecule has 6 nitrogen and oxygen atoms in total. The SMILES string of the molecule is CC/C=C\C/C=C\C/C=C\C/C=C\C/C=C\CC(=O)OCC(COC(=O)CCCCCCCCCCC/C=C\CCCCCCCCCC)OC(=O)CCCCCCCCCCCCCCCCCCCCC. The van der Waals surface area contributed by atoms with Crippen molar-refractivity contribution < 1.29 is 28.6 Å². The summed E-state index contributed by atoms with van der Waals surface area (Å²) in [5.74, 6) is -1.02. The van der Waals surface area contributed by atoms with E-state index < -0.39 is 12.1 Å². The van der Waals surface area contributed by atoms with Crippen molar-refractivity contribution in [3.05, 3.63) is 72.9 Å². The van der Waals surface area contributed by atoms with Crippen LogP contribution < -0.4 is 0 Å². The van der Waals surface area contributed by atoms with Crippen molar-refractivity contribution in [1.82, 2.24) is 0 Å². The van der Waals surface area contributed by atoms with E-state index in [2.05, 4.69) is 81.5 Å². The zero-order valence-corrected chi connectivity index (χ0v) is 48.4. The first-order valence-corrected chi connectivity index (χ1v) is 31.4. The van der Waals surface area contributed by atoms with Crippen LogP contribution in [0.25, 0.3) is 0 Å². The largest absolute Gasteiger partial charge is 0.462 e. The molecule has 1 unspecified atom stereocenters. The van der Waals surface area contributed by atoms with Crippen LogP contribution in [0.5, 0.6) is 0 Å². The lowest BCUT2D eigenvalue weighted by atomic mass is 10.0. The average molecular weight is 1020 g/mol. The van der Waals surface area contributed by atoms with E-state index in [4.69, 9.17) is 14.2 Å². The van der Waals surface area contributed by atoms with Gasteiger partial charge in [0.1, 0.15) is 13.2 Å². The van der Waals surface area contributed by atoms with Gasteiger partial charge in [-0.2, -0.15) is 0 Å². The molecule has 0 bridgehead atoms. The summed E-state index contributed by atoms with van der Waals surface area (Å²) < 4.78 is 16.8. The summed E-state index contributed by atoms with van der Waals surface area (Å²) in [7, 11) is 0. The molecular formula is C67H118O6. The molecule has 0 spiro atoms. The summed E-state index contributed by atoms with van der Waals surface area (Å²) >= 11 is 0. The fourth-order valence-corrected chi connectivity index (χ4v) is 9.04. The Labute approximate surface area is 453 Å². The third-order valence-corrected chi connectivity index (χ3v) is 13.7. The fourth-order valence-electron chi connectivity index (χ4n) is 9.04. The molecule has 6 heteroatoms. The lowest BCUT2D eigenvalue weighted by Crippen LogP contribution is -2.30. The van der Waals surface area contributed by atoms with Crippen molar-refractivity contribution in [2.24, 2.45) is 0 Å². The lowest BCUT2D eigenvalue weighted by Gasteiger charge is -2.18. The van der Waals surface area contributed by atoms with E-state index in [0.29, 0.717) is 12.8 Å². The zero-order valence-electron chi connectivity index (χ0n) is 48.4. The molecule has 0 aromatic rings. The molecule has 73 heavy (non-hydrogen) atoms. The van der Waals surface area contributed by atoms with Gasteiger partial charge in [-0.05, 0) is 70.6 Å². The first-order chi connectivity index (χ1) is 36.0. The van der Waals surface area contributed by atoms with E-state index in [1.807, 2.05) is 6.08 Å². The van der Waals surface area contributed by atoms with Crippen LogP contribution in [0.4, 0.5) is 0 Å². The highest BCUT2D eigenvalue weighted by Crippen LogP contribution is 2.17. The Kier molecular flexibility index (Phi) is 58.7. The third kappa shape index (κ3) is 59.6. The molecule has 0 aliphatic carbocycles. The number of hydrogen-bond donors (Lipinski definition) is 0. The van der Waals surface area contributed by atoms with Gasteiger partial charge in [0.2, 0.25) is 0 Å². The normalized spacial score (nSPS) is 12.5. The molecule has 0 aliphatic rings. The predicted octanol–water partition coefficient (Wildman–Crippen LogP) is 21.3. The second kappa shape index (κ2) is 61.4. The first kappa shape index (κ1) is 69.8. The van der Waals surface area contributed by atoms with E-state index in [-0.39, 0.29) is 31.6 Å². The standard InChI is InChI=1S/C67H118O6/c1-4-7-10-13-16-19-22-25-28-30-32-33-35-36-39-42-45-48-51-54-57-60-66(69)72-63-64(62-71-65(68)59-56-53-50-47-44-41-38-27-24-21-18-15-12-9-6-3)73-67(70)61-58-55-52-49-46-43-40-37-34-31-29-26-23-20-17-14-11-8-5-2/h9,12,18,21,27,30,32,38,44,47,53,56,64H,4-8,10-11,13-17,19-20,22-26,28-29,31,33-37,39-43,45-46,48-52,54-55,57-63H2,1-3H3/b12-9-,21-18-,32-30-,38-27-,47-44-,56-53-. The van der Waals surface area contributed by atoms with Crippen LogP contribution in [0, 0.1) is 0 Å². The first-order valence-electron chi connectivity index (χ1n) is 31.4. The average Bonchev–Trinajstić information content (AvgIpc) is 3.39. The van der Waals surface area contributed by atoms with E-state index in [0.717, 1.165) is 70.6 Å². The molecule has 0 rings (SSSR count). The maximum Gasteiger partial charge on any atom is 0.309 e. The molecule has 0 saturated heterocycles. The van der Waals surface area contributed by atoms with E-state index in [1.165, 1.54) is 205 Å². The minimum Gasteiger partial charge on any atom is -0.462 e. The van der Waals surface area contributed by atoms with Gasteiger partial charge < -0.3 is 14.2 Å². The minimum absolute atomic E-state index is 0.103. The predicted molar refractivity (Wildman–Crippen MR) is 316 cm³/mol. The van der Waals surface area contributed by atoms with Crippen molar-refractivity contribution in [2.45, 2.75) is 322 Å². The van der Waals surface area contributed by atoms with E-state index >= 15 is 0 Å². The number of allylic oxidation sites excluding steroid dienone is 11. The van der Waals surface area contributed by atoms with Gasteiger partial charge >= 0.3 is 17.9 Å². The summed E-state index contributed by atoms with van der Waals surface area (Å²) in [5.41, 5.74) is 0. The quantitative estimate of drug-likeness (QED) is 0.0261. The van der Waals surface area contributed by atoms with Gasteiger partial charge in [-0.3, -0.25) is 14.4 Å². The Morgan fingerprint density at radius 3 is 0.945 bits per heavy atom. The summed E-state index contributed by atoms with van der Waals surface area (Å²) in [4.78, 5) is 38.2. The number of unbranched alkanes of at least 4 members (excludes halogenated alkanes) is 35. The summed E-state index contributed by atoms with van der Waals surface area (Å²) in [6, 6.07) is 0. The molecule has 0 heterocycles. The highest BCUT2D eigenvalue weighted by Gasteiger charge is 2.19. The Morgan fingerprint density at radius 1 is 0.301 bits per heavy atom. The van der Waals surface area contributed by atoms with E-state index in [9.17, 15) is 14.4 Å². The van der Waals surface area contributed by atoms with Crippen molar-refractivity contribution in [3.8, 4) is 0 Å². The van der Waals surface area contributed by atoms with Crippen LogP contribution in [0.15, 0.2) is 72.9 Å². The van der Waals surface area contributed by atoms with Crippen LogP contribution in [-0.4, -0.2) is 37.2 Å². The lowest BCUT2D eigenvalue weighted by molar-refractivity contribution is -0.166. The Balaban J connectivity index is 4.40. The summed E-state index contributed by atoms with van der Waals surface area (Å²) in [5, 5.41) is 0. The van der Waals surface area contributed by atoms with Crippen molar-refractivity contribution >= 4 is 17.9 Å². The van der Waals surface area contributed by atoms with Crippen LogP contribution in [0.1, 0.15) is 316 Å². The zero-order chi connectivity index (χ0) is 52.9.